The highest BCUT2D eigenvalue weighted by atomic mass is 35.5. The van der Waals surface area contributed by atoms with E-state index in [4.69, 9.17) is 10.3 Å². The molecule has 1 saturated carbocycles. The predicted octanol–water partition coefficient (Wildman–Crippen LogP) is 2.62. The van der Waals surface area contributed by atoms with Gasteiger partial charge in [-0.1, -0.05) is 17.3 Å². The molecular weight excluding hydrogens is 250 g/mol. The average Bonchev–Trinajstić information content (AvgIpc) is 3.02. The number of benzene rings is 1. The van der Waals surface area contributed by atoms with E-state index >= 15 is 0 Å². The molecule has 0 amide bonds. The molecule has 0 unspecified atom stereocenters. The van der Waals surface area contributed by atoms with Gasteiger partial charge in [-0.2, -0.15) is 4.98 Å². The largest absolute Gasteiger partial charge is 0.399 e. The van der Waals surface area contributed by atoms with E-state index < -0.39 is 0 Å². The van der Waals surface area contributed by atoms with Gasteiger partial charge in [-0.3, -0.25) is 0 Å². The summed E-state index contributed by atoms with van der Waals surface area (Å²) in [4.78, 5) is 4.40. The fourth-order valence-corrected chi connectivity index (χ4v) is 1.84. The first-order valence-electron chi connectivity index (χ1n) is 5.95. The minimum atomic E-state index is 0. The van der Waals surface area contributed by atoms with Gasteiger partial charge in [0.1, 0.15) is 0 Å². The van der Waals surface area contributed by atoms with Gasteiger partial charge in [-0.25, -0.2) is 0 Å². The van der Waals surface area contributed by atoms with Crippen LogP contribution < -0.4 is 5.73 Å². The number of nitrogen functional groups attached to an aromatic ring is 1. The van der Waals surface area contributed by atoms with Gasteiger partial charge in [0.05, 0.1) is 6.42 Å². The van der Waals surface area contributed by atoms with Crippen molar-refractivity contribution in [3.05, 3.63) is 41.5 Å². The van der Waals surface area contributed by atoms with Gasteiger partial charge in [0.2, 0.25) is 5.89 Å². The Bertz CT molecular complexity index is 505. The zero-order valence-corrected chi connectivity index (χ0v) is 10.8. The van der Waals surface area contributed by atoms with Gasteiger partial charge in [-0.15, -0.1) is 12.4 Å². The maximum absolute atomic E-state index is 5.63. The van der Waals surface area contributed by atoms with Crippen molar-refractivity contribution in [1.29, 1.82) is 0 Å². The lowest BCUT2D eigenvalue weighted by atomic mass is 10.1. The molecule has 1 aromatic carbocycles. The van der Waals surface area contributed by atoms with Crippen LogP contribution in [-0.4, -0.2) is 10.1 Å². The SMILES string of the molecule is Cl.Nc1ccc(Cc2nc(CC3CC3)no2)cc1. The zero-order chi connectivity index (χ0) is 11.7. The van der Waals surface area contributed by atoms with Gasteiger partial charge in [0.15, 0.2) is 5.82 Å². The second kappa shape index (κ2) is 5.40. The fourth-order valence-electron chi connectivity index (χ4n) is 1.84. The maximum atomic E-state index is 5.63. The molecule has 0 atom stereocenters. The Morgan fingerprint density at radius 3 is 2.61 bits per heavy atom. The van der Waals surface area contributed by atoms with Crippen LogP contribution in [0.25, 0.3) is 0 Å². The summed E-state index contributed by atoms with van der Waals surface area (Å²) in [5.74, 6) is 2.32. The summed E-state index contributed by atoms with van der Waals surface area (Å²) in [5, 5.41) is 4.00. The third-order valence-electron chi connectivity index (χ3n) is 3.01. The van der Waals surface area contributed by atoms with Crippen molar-refractivity contribution in [1.82, 2.24) is 10.1 Å². The first kappa shape index (κ1) is 12.9. The molecule has 4 nitrogen and oxygen atoms in total. The van der Waals surface area contributed by atoms with Crippen molar-refractivity contribution in [3.63, 3.8) is 0 Å². The predicted molar refractivity (Wildman–Crippen MR) is 71.6 cm³/mol. The van der Waals surface area contributed by atoms with Crippen LogP contribution in [0, 0.1) is 5.92 Å². The van der Waals surface area contributed by atoms with E-state index in [1.54, 1.807) is 0 Å². The lowest BCUT2D eigenvalue weighted by Crippen LogP contribution is -1.92. The Kier molecular flexibility index (Phi) is 3.87. The van der Waals surface area contributed by atoms with Crippen LogP contribution in [-0.2, 0) is 12.8 Å². The molecule has 0 bridgehead atoms. The van der Waals surface area contributed by atoms with Crippen LogP contribution in [0.2, 0.25) is 0 Å². The number of aromatic nitrogens is 2. The van der Waals surface area contributed by atoms with E-state index in [9.17, 15) is 0 Å². The Balaban J connectivity index is 0.00000120. The van der Waals surface area contributed by atoms with Crippen LogP contribution in [0.15, 0.2) is 28.8 Å². The smallest absolute Gasteiger partial charge is 0.231 e. The first-order valence-corrected chi connectivity index (χ1v) is 5.95. The van der Waals surface area contributed by atoms with Gasteiger partial charge < -0.3 is 10.3 Å². The van der Waals surface area contributed by atoms with E-state index in [-0.39, 0.29) is 12.4 Å². The van der Waals surface area contributed by atoms with Crippen molar-refractivity contribution in [3.8, 4) is 0 Å². The number of rotatable bonds is 4. The van der Waals surface area contributed by atoms with Gasteiger partial charge in [0.25, 0.3) is 0 Å². The van der Waals surface area contributed by atoms with Gasteiger partial charge in [0, 0.05) is 12.1 Å². The highest BCUT2D eigenvalue weighted by Gasteiger charge is 2.23. The van der Waals surface area contributed by atoms with E-state index in [1.807, 2.05) is 24.3 Å². The van der Waals surface area contributed by atoms with Crippen molar-refractivity contribution in [2.24, 2.45) is 5.92 Å². The molecule has 18 heavy (non-hydrogen) atoms. The Labute approximate surface area is 112 Å². The van der Waals surface area contributed by atoms with E-state index in [0.717, 1.165) is 29.4 Å². The quantitative estimate of drug-likeness (QED) is 0.863. The molecule has 1 heterocycles. The molecule has 0 radical (unpaired) electrons. The monoisotopic (exact) mass is 265 g/mol. The Morgan fingerprint density at radius 1 is 1.22 bits per heavy atom. The van der Waals surface area contributed by atoms with E-state index in [0.29, 0.717) is 12.3 Å². The van der Waals surface area contributed by atoms with Crippen LogP contribution >= 0.6 is 12.4 Å². The van der Waals surface area contributed by atoms with Crippen LogP contribution in [0.4, 0.5) is 5.69 Å². The number of nitrogens with zero attached hydrogens (tertiary/aromatic N) is 2. The topological polar surface area (TPSA) is 64.9 Å². The zero-order valence-electron chi connectivity index (χ0n) is 10.0. The lowest BCUT2D eigenvalue weighted by Gasteiger charge is -1.96. The molecule has 96 valence electrons. The third-order valence-corrected chi connectivity index (χ3v) is 3.01. The van der Waals surface area contributed by atoms with Crippen LogP contribution in [0.3, 0.4) is 0 Å². The maximum Gasteiger partial charge on any atom is 0.231 e. The molecule has 1 aliphatic rings. The molecular formula is C13H16ClN3O. The number of anilines is 1. The average molecular weight is 266 g/mol. The van der Waals surface area contributed by atoms with Gasteiger partial charge >= 0.3 is 0 Å². The standard InChI is InChI=1S/C13H15N3O.ClH/c14-11-5-3-10(4-6-11)8-13-15-12(16-17-13)7-9-1-2-9;/h3-6,9H,1-2,7-8,14H2;1H. The number of halogens is 1. The van der Waals surface area contributed by atoms with E-state index in [1.165, 1.54) is 12.8 Å². The summed E-state index contributed by atoms with van der Waals surface area (Å²) in [7, 11) is 0. The summed E-state index contributed by atoms with van der Waals surface area (Å²) in [6, 6.07) is 7.74. The summed E-state index contributed by atoms with van der Waals surface area (Å²) in [5.41, 5.74) is 7.55. The molecule has 1 aliphatic carbocycles. The lowest BCUT2D eigenvalue weighted by molar-refractivity contribution is 0.378. The Morgan fingerprint density at radius 2 is 1.94 bits per heavy atom. The van der Waals surface area contributed by atoms with Crippen molar-refractivity contribution in [2.75, 3.05) is 5.73 Å². The van der Waals surface area contributed by atoms with Crippen LogP contribution in [0.1, 0.15) is 30.1 Å². The Hall–Kier alpha value is -1.55. The molecule has 0 aliphatic heterocycles. The molecule has 5 heteroatoms. The normalized spacial score (nSPS) is 14.2. The van der Waals surface area contributed by atoms with Crippen molar-refractivity contribution >= 4 is 18.1 Å². The summed E-state index contributed by atoms with van der Waals surface area (Å²) < 4.78 is 5.24. The first-order chi connectivity index (χ1) is 8.29. The molecule has 0 saturated heterocycles. The minimum Gasteiger partial charge on any atom is -0.399 e. The highest BCUT2D eigenvalue weighted by molar-refractivity contribution is 5.85. The minimum absolute atomic E-state index is 0. The summed E-state index contributed by atoms with van der Waals surface area (Å²) >= 11 is 0. The second-order valence-electron chi connectivity index (χ2n) is 4.67. The number of hydrogen-bond donors (Lipinski definition) is 1. The summed E-state index contributed by atoms with van der Waals surface area (Å²) in [6.45, 7) is 0. The molecule has 3 rings (SSSR count). The molecule has 0 spiro atoms. The van der Waals surface area contributed by atoms with Crippen molar-refractivity contribution < 1.29 is 4.52 Å². The molecule has 2 N–H and O–H groups in total. The van der Waals surface area contributed by atoms with E-state index in [2.05, 4.69) is 10.1 Å². The van der Waals surface area contributed by atoms with Gasteiger partial charge in [-0.05, 0) is 36.5 Å². The third kappa shape index (κ3) is 3.23. The summed E-state index contributed by atoms with van der Waals surface area (Å²) in [6.07, 6.45) is 4.26. The second-order valence-corrected chi connectivity index (χ2v) is 4.67. The van der Waals surface area contributed by atoms with Crippen molar-refractivity contribution in [2.45, 2.75) is 25.7 Å². The van der Waals surface area contributed by atoms with Crippen LogP contribution in [0.5, 0.6) is 0 Å². The number of hydrogen-bond acceptors (Lipinski definition) is 4. The molecule has 2 aromatic rings. The molecule has 1 fully saturated rings. The molecule has 1 aromatic heterocycles. The number of nitrogens with two attached hydrogens (primary N) is 1. The highest BCUT2D eigenvalue weighted by Crippen LogP contribution is 2.31. The fraction of sp³-hybridized carbons (Fsp3) is 0.385.